The standard InChI is InChI=1S/C19H32O5S/c1-4-7-8-9-10-14-17-24-25(20,21)19(22-5-2,23-6-3)18-15-12-11-13-16-18/h11-13,15-16H,4-10,14,17H2,1-3H3. The SMILES string of the molecule is CCCCCCCCOS(=O)(=O)C(OCC)(OCC)c1ccccc1. The van der Waals surface area contributed by atoms with Crippen molar-refractivity contribution in [2.24, 2.45) is 0 Å². The molecule has 144 valence electrons. The first kappa shape index (κ1) is 22.1. The molecule has 0 N–H and O–H groups in total. The highest BCUT2D eigenvalue weighted by molar-refractivity contribution is 7.87. The summed E-state index contributed by atoms with van der Waals surface area (Å²) < 4.78 is 42.3. The predicted octanol–water partition coefficient (Wildman–Crippen LogP) is 4.58. The zero-order valence-electron chi connectivity index (χ0n) is 15.7. The van der Waals surface area contributed by atoms with Crippen molar-refractivity contribution in [1.29, 1.82) is 0 Å². The molecule has 0 aromatic heterocycles. The van der Waals surface area contributed by atoms with Crippen LogP contribution in [0.2, 0.25) is 0 Å². The molecule has 0 aliphatic heterocycles. The first-order valence-corrected chi connectivity index (χ1v) is 10.7. The van der Waals surface area contributed by atoms with E-state index in [0.29, 0.717) is 12.0 Å². The first-order chi connectivity index (χ1) is 12.0. The second-order valence-electron chi connectivity index (χ2n) is 5.83. The van der Waals surface area contributed by atoms with Gasteiger partial charge in [-0.05, 0) is 20.3 Å². The predicted molar refractivity (Wildman–Crippen MR) is 99.6 cm³/mol. The molecule has 0 aliphatic carbocycles. The number of hydrogen-bond donors (Lipinski definition) is 0. The van der Waals surface area contributed by atoms with E-state index in [4.69, 9.17) is 13.7 Å². The molecule has 0 unspecified atom stereocenters. The molecular weight excluding hydrogens is 340 g/mol. The molecule has 0 saturated carbocycles. The Bertz CT molecular complexity index is 550. The smallest absolute Gasteiger partial charge is 0.329 e. The molecule has 0 spiro atoms. The summed E-state index contributed by atoms with van der Waals surface area (Å²) in [5.74, 6) is 0. The Hall–Kier alpha value is -0.950. The van der Waals surface area contributed by atoms with E-state index < -0.39 is 15.2 Å². The molecule has 0 amide bonds. The number of unbranched alkanes of at least 4 members (excludes halogenated alkanes) is 5. The Morgan fingerprint density at radius 1 is 0.840 bits per heavy atom. The van der Waals surface area contributed by atoms with Gasteiger partial charge in [-0.1, -0.05) is 69.4 Å². The molecule has 0 saturated heterocycles. The van der Waals surface area contributed by atoms with Gasteiger partial charge < -0.3 is 9.47 Å². The van der Waals surface area contributed by atoms with Crippen molar-refractivity contribution < 1.29 is 22.1 Å². The van der Waals surface area contributed by atoms with Crippen LogP contribution in [-0.2, 0) is 28.9 Å². The van der Waals surface area contributed by atoms with Crippen LogP contribution >= 0.6 is 0 Å². The topological polar surface area (TPSA) is 61.8 Å². The Balaban J connectivity index is 2.82. The molecule has 25 heavy (non-hydrogen) atoms. The van der Waals surface area contributed by atoms with Crippen LogP contribution in [-0.4, -0.2) is 28.2 Å². The van der Waals surface area contributed by atoms with E-state index in [2.05, 4.69) is 6.92 Å². The summed E-state index contributed by atoms with van der Waals surface area (Å²) in [6.45, 7) is 6.16. The van der Waals surface area contributed by atoms with Crippen LogP contribution in [0.3, 0.4) is 0 Å². The third-order valence-electron chi connectivity index (χ3n) is 3.86. The van der Waals surface area contributed by atoms with Gasteiger partial charge in [0.1, 0.15) is 0 Å². The molecule has 5 nitrogen and oxygen atoms in total. The molecule has 0 heterocycles. The lowest BCUT2D eigenvalue weighted by atomic mass is 10.1. The summed E-state index contributed by atoms with van der Waals surface area (Å²) >= 11 is 0. The normalized spacial score (nSPS) is 12.4. The average molecular weight is 373 g/mol. The number of rotatable bonds is 14. The molecule has 0 fully saturated rings. The van der Waals surface area contributed by atoms with E-state index in [9.17, 15) is 8.42 Å². The summed E-state index contributed by atoms with van der Waals surface area (Å²) in [6, 6.07) is 8.68. The minimum Gasteiger partial charge on any atom is -0.332 e. The Morgan fingerprint density at radius 3 is 1.96 bits per heavy atom. The van der Waals surface area contributed by atoms with E-state index in [1.165, 1.54) is 19.3 Å². The summed E-state index contributed by atoms with van der Waals surface area (Å²) in [5.41, 5.74) is 0.418. The monoisotopic (exact) mass is 372 g/mol. The van der Waals surface area contributed by atoms with Gasteiger partial charge in [-0.2, -0.15) is 8.42 Å². The minimum absolute atomic E-state index is 0.142. The molecule has 6 heteroatoms. The highest BCUT2D eigenvalue weighted by Gasteiger charge is 2.49. The van der Waals surface area contributed by atoms with E-state index in [-0.39, 0.29) is 19.8 Å². The molecule has 0 aliphatic rings. The summed E-state index contributed by atoms with van der Waals surface area (Å²) in [6.07, 6.45) is 6.33. The molecule has 0 atom stereocenters. The largest absolute Gasteiger partial charge is 0.332 e. The van der Waals surface area contributed by atoms with Crippen molar-refractivity contribution >= 4 is 10.1 Å². The molecule has 0 bridgehead atoms. The van der Waals surface area contributed by atoms with Crippen LogP contribution in [0.5, 0.6) is 0 Å². The van der Waals surface area contributed by atoms with Gasteiger partial charge in [-0.3, -0.25) is 4.18 Å². The van der Waals surface area contributed by atoms with E-state index in [1.807, 2.05) is 6.07 Å². The maximum Gasteiger partial charge on any atom is 0.329 e. The van der Waals surface area contributed by atoms with Crippen LogP contribution in [0.15, 0.2) is 30.3 Å². The number of hydrogen-bond acceptors (Lipinski definition) is 5. The van der Waals surface area contributed by atoms with Crippen LogP contribution in [0, 0.1) is 0 Å². The third-order valence-corrected chi connectivity index (χ3v) is 5.47. The lowest BCUT2D eigenvalue weighted by Gasteiger charge is -2.31. The van der Waals surface area contributed by atoms with Gasteiger partial charge in [0, 0.05) is 18.8 Å². The summed E-state index contributed by atoms with van der Waals surface area (Å²) in [5, 5.41) is -1.92. The van der Waals surface area contributed by atoms with Gasteiger partial charge >= 0.3 is 15.2 Å². The highest BCUT2D eigenvalue weighted by Crippen LogP contribution is 2.35. The van der Waals surface area contributed by atoms with Gasteiger partial charge in [0.25, 0.3) is 0 Å². The summed E-state index contributed by atoms with van der Waals surface area (Å²) in [4.78, 5) is 0. The maximum absolute atomic E-state index is 12.9. The van der Waals surface area contributed by atoms with Gasteiger partial charge in [0.15, 0.2) is 0 Å². The van der Waals surface area contributed by atoms with Crippen molar-refractivity contribution in [1.82, 2.24) is 0 Å². The van der Waals surface area contributed by atoms with Crippen molar-refractivity contribution in [2.45, 2.75) is 64.4 Å². The maximum atomic E-state index is 12.9. The van der Waals surface area contributed by atoms with Crippen LogP contribution < -0.4 is 0 Å². The quantitative estimate of drug-likeness (QED) is 0.272. The molecule has 1 aromatic rings. The van der Waals surface area contributed by atoms with E-state index in [1.54, 1.807) is 38.1 Å². The fourth-order valence-electron chi connectivity index (χ4n) is 2.65. The number of ether oxygens (including phenoxy) is 2. The Morgan fingerprint density at radius 2 is 1.40 bits per heavy atom. The zero-order chi connectivity index (χ0) is 18.6. The fraction of sp³-hybridized carbons (Fsp3) is 0.684. The van der Waals surface area contributed by atoms with E-state index in [0.717, 1.165) is 12.8 Å². The lowest BCUT2D eigenvalue weighted by molar-refractivity contribution is -0.184. The van der Waals surface area contributed by atoms with Crippen molar-refractivity contribution in [3.63, 3.8) is 0 Å². The number of benzene rings is 1. The zero-order valence-corrected chi connectivity index (χ0v) is 16.5. The second kappa shape index (κ2) is 11.6. The third kappa shape index (κ3) is 6.37. The van der Waals surface area contributed by atoms with E-state index >= 15 is 0 Å². The minimum atomic E-state index is -4.10. The average Bonchev–Trinajstić information content (AvgIpc) is 2.61. The van der Waals surface area contributed by atoms with Crippen LogP contribution in [0.1, 0.15) is 64.9 Å². The van der Waals surface area contributed by atoms with Crippen molar-refractivity contribution in [2.75, 3.05) is 19.8 Å². The first-order valence-electron chi connectivity index (χ1n) is 9.26. The molecule has 1 rings (SSSR count). The lowest BCUT2D eigenvalue weighted by Crippen LogP contribution is -2.43. The Kier molecular flexibility index (Phi) is 10.3. The Labute approximate surface area is 152 Å². The van der Waals surface area contributed by atoms with Gasteiger partial charge in [0.2, 0.25) is 0 Å². The molecular formula is C19H32O5S. The van der Waals surface area contributed by atoms with Crippen molar-refractivity contribution in [3.8, 4) is 0 Å². The van der Waals surface area contributed by atoms with Crippen LogP contribution in [0.4, 0.5) is 0 Å². The molecule has 1 aromatic carbocycles. The van der Waals surface area contributed by atoms with Gasteiger partial charge in [0.05, 0.1) is 6.61 Å². The van der Waals surface area contributed by atoms with Gasteiger partial charge in [-0.15, -0.1) is 0 Å². The highest BCUT2D eigenvalue weighted by atomic mass is 32.2. The van der Waals surface area contributed by atoms with Crippen LogP contribution in [0.25, 0.3) is 0 Å². The van der Waals surface area contributed by atoms with Crippen molar-refractivity contribution in [3.05, 3.63) is 35.9 Å². The summed E-state index contributed by atoms with van der Waals surface area (Å²) in [7, 11) is -4.10. The second-order valence-corrected chi connectivity index (χ2v) is 7.51. The molecule has 0 radical (unpaired) electrons. The fourth-order valence-corrected chi connectivity index (χ4v) is 4.09. The van der Waals surface area contributed by atoms with Gasteiger partial charge in [-0.25, -0.2) is 0 Å².